The van der Waals surface area contributed by atoms with Crippen molar-refractivity contribution in [3.8, 4) is 5.75 Å². The van der Waals surface area contributed by atoms with Gasteiger partial charge < -0.3 is 15.4 Å². The summed E-state index contributed by atoms with van der Waals surface area (Å²) < 4.78 is 18.3. The predicted octanol–water partition coefficient (Wildman–Crippen LogP) is 1.09. The molecule has 1 saturated heterocycles. The van der Waals surface area contributed by atoms with E-state index in [4.69, 9.17) is 10.5 Å². The van der Waals surface area contributed by atoms with Gasteiger partial charge in [-0.3, -0.25) is 4.79 Å². The second-order valence-electron chi connectivity index (χ2n) is 4.37. The molecule has 1 fully saturated rings. The second-order valence-corrected chi connectivity index (χ2v) is 4.37. The summed E-state index contributed by atoms with van der Waals surface area (Å²) in [6.45, 7) is 1.04. The fourth-order valence-corrected chi connectivity index (χ4v) is 1.94. The number of likely N-dealkylation sites (tertiary alicyclic amines) is 1. The Balaban J connectivity index is 1.85. The standard InChI is InChI=1S/C13H17FN2O2/c14-11-4-5-16(8-11)13(17)9-18-12-3-1-2-10(6-12)7-15/h1-3,6,11H,4-5,7-9,15H2. The summed E-state index contributed by atoms with van der Waals surface area (Å²) in [6, 6.07) is 7.29. The fraction of sp³-hybridized carbons (Fsp3) is 0.462. The molecule has 5 heteroatoms. The van der Waals surface area contributed by atoms with Crippen molar-refractivity contribution in [2.24, 2.45) is 5.73 Å². The van der Waals surface area contributed by atoms with Gasteiger partial charge in [0.25, 0.3) is 5.91 Å². The van der Waals surface area contributed by atoms with Gasteiger partial charge in [0, 0.05) is 13.1 Å². The maximum absolute atomic E-state index is 12.9. The molecule has 0 spiro atoms. The topological polar surface area (TPSA) is 55.6 Å². The Bertz CT molecular complexity index is 425. The van der Waals surface area contributed by atoms with Crippen molar-refractivity contribution in [1.82, 2.24) is 4.90 Å². The fourth-order valence-electron chi connectivity index (χ4n) is 1.94. The molecule has 2 rings (SSSR count). The minimum atomic E-state index is -0.894. The van der Waals surface area contributed by atoms with E-state index in [2.05, 4.69) is 0 Å². The molecule has 0 bridgehead atoms. The van der Waals surface area contributed by atoms with Gasteiger partial charge >= 0.3 is 0 Å². The molecule has 18 heavy (non-hydrogen) atoms. The molecule has 4 nitrogen and oxygen atoms in total. The number of hydrogen-bond acceptors (Lipinski definition) is 3. The number of nitrogens with zero attached hydrogens (tertiary/aromatic N) is 1. The lowest BCUT2D eigenvalue weighted by atomic mass is 10.2. The van der Waals surface area contributed by atoms with Crippen LogP contribution in [0, 0.1) is 0 Å². The van der Waals surface area contributed by atoms with Crippen LogP contribution >= 0.6 is 0 Å². The minimum Gasteiger partial charge on any atom is -0.484 e. The lowest BCUT2D eigenvalue weighted by molar-refractivity contribution is -0.132. The number of amides is 1. The molecular formula is C13H17FN2O2. The zero-order chi connectivity index (χ0) is 13.0. The molecule has 1 amide bonds. The predicted molar refractivity (Wildman–Crippen MR) is 65.9 cm³/mol. The number of benzene rings is 1. The summed E-state index contributed by atoms with van der Waals surface area (Å²) in [5.74, 6) is 0.440. The van der Waals surface area contributed by atoms with Gasteiger partial charge in [-0.2, -0.15) is 0 Å². The van der Waals surface area contributed by atoms with E-state index in [0.29, 0.717) is 25.3 Å². The number of nitrogens with two attached hydrogens (primary N) is 1. The summed E-state index contributed by atoms with van der Waals surface area (Å²) in [4.78, 5) is 13.2. The van der Waals surface area contributed by atoms with Crippen LogP contribution in [0.4, 0.5) is 4.39 Å². The van der Waals surface area contributed by atoms with E-state index in [0.717, 1.165) is 5.56 Å². The molecule has 1 aliphatic heterocycles. The van der Waals surface area contributed by atoms with E-state index in [-0.39, 0.29) is 19.1 Å². The maximum Gasteiger partial charge on any atom is 0.260 e. The van der Waals surface area contributed by atoms with Crippen LogP contribution < -0.4 is 10.5 Å². The molecule has 0 aromatic heterocycles. The first kappa shape index (κ1) is 12.8. The molecule has 0 saturated carbocycles. The van der Waals surface area contributed by atoms with Crippen molar-refractivity contribution < 1.29 is 13.9 Å². The smallest absolute Gasteiger partial charge is 0.260 e. The highest BCUT2D eigenvalue weighted by Crippen LogP contribution is 2.15. The molecular weight excluding hydrogens is 235 g/mol. The van der Waals surface area contributed by atoms with E-state index in [9.17, 15) is 9.18 Å². The van der Waals surface area contributed by atoms with Crippen molar-refractivity contribution in [3.05, 3.63) is 29.8 Å². The third-order valence-corrected chi connectivity index (χ3v) is 2.98. The first-order valence-corrected chi connectivity index (χ1v) is 6.02. The molecule has 1 aromatic carbocycles. The minimum absolute atomic E-state index is 0.0548. The van der Waals surface area contributed by atoms with E-state index in [1.807, 2.05) is 12.1 Å². The highest BCUT2D eigenvalue weighted by atomic mass is 19.1. The highest BCUT2D eigenvalue weighted by Gasteiger charge is 2.25. The average molecular weight is 252 g/mol. The number of carbonyl (C=O) groups excluding carboxylic acids is 1. The Morgan fingerprint density at radius 3 is 3.06 bits per heavy atom. The lowest BCUT2D eigenvalue weighted by Gasteiger charge is -2.15. The zero-order valence-corrected chi connectivity index (χ0v) is 10.1. The monoisotopic (exact) mass is 252 g/mol. The Morgan fingerprint density at radius 1 is 1.56 bits per heavy atom. The van der Waals surface area contributed by atoms with Crippen LogP contribution in [-0.4, -0.2) is 36.7 Å². The summed E-state index contributed by atoms with van der Waals surface area (Å²) in [5, 5.41) is 0. The molecule has 2 N–H and O–H groups in total. The zero-order valence-electron chi connectivity index (χ0n) is 10.1. The van der Waals surface area contributed by atoms with E-state index in [1.165, 1.54) is 4.90 Å². The van der Waals surface area contributed by atoms with Crippen LogP contribution in [0.5, 0.6) is 5.75 Å². The van der Waals surface area contributed by atoms with Crippen LogP contribution in [0.25, 0.3) is 0 Å². The third kappa shape index (κ3) is 3.20. The van der Waals surface area contributed by atoms with Crippen molar-refractivity contribution >= 4 is 5.91 Å². The van der Waals surface area contributed by atoms with Crippen LogP contribution in [0.3, 0.4) is 0 Å². The van der Waals surface area contributed by atoms with Gasteiger partial charge in [-0.1, -0.05) is 12.1 Å². The summed E-state index contributed by atoms with van der Waals surface area (Å²) in [5.41, 5.74) is 6.47. The van der Waals surface area contributed by atoms with Gasteiger partial charge in [0.1, 0.15) is 11.9 Å². The number of halogens is 1. The summed E-state index contributed by atoms with van der Waals surface area (Å²) >= 11 is 0. The maximum atomic E-state index is 12.9. The summed E-state index contributed by atoms with van der Waals surface area (Å²) in [7, 11) is 0. The van der Waals surface area contributed by atoms with Crippen LogP contribution in [-0.2, 0) is 11.3 Å². The molecule has 1 aliphatic rings. The van der Waals surface area contributed by atoms with Gasteiger partial charge in [-0.25, -0.2) is 4.39 Å². The number of alkyl halides is 1. The normalized spacial score (nSPS) is 19.0. The van der Waals surface area contributed by atoms with Crippen LogP contribution in [0.1, 0.15) is 12.0 Å². The number of hydrogen-bond donors (Lipinski definition) is 1. The number of rotatable bonds is 4. The van der Waals surface area contributed by atoms with Gasteiger partial charge in [-0.15, -0.1) is 0 Å². The van der Waals surface area contributed by atoms with Gasteiger partial charge in [-0.05, 0) is 24.1 Å². The van der Waals surface area contributed by atoms with Crippen molar-refractivity contribution in [1.29, 1.82) is 0 Å². The Labute approximate surface area is 106 Å². The van der Waals surface area contributed by atoms with Crippen LogP contribution in [0.15, 0.2) is 24.3 Å². The van der Waals surface area contributed by atoms with Gasteiger partial charge in [0.05, 0.1) is 6.54 Å². The van der Waals surface area contributed by atoms with Crippen molar-refractivity contribution in [2.75, 3.05) is 19.7 Å². The second kappa shape index (κ2) is 5.82. The quantitative estimate of drug-likeness (QED) is 0.873. The van der Waals surface area contributed by atoms with E-state index >= 15 is 0 Å². The van der Waals surface area contributed by atoms with Crippen molar-refractivity contribution in [2.45, 2.75) is 19.1 Å². The van der Waals surface area contributed by atoms with E-state index < -0.39 is 6.17 Å². The Hall–Kier alpha value is -1.62. The summed E-state index contributed by atoms with van der Waals surface area (Å²) in [6.07, 6.45) is -0.469. The third-order valence-electron chi connectivity index (χ3n) is 2.98. The molecule has 98 valence electrons. The Kier molecular flexibility index (Phi) is 4.15. The van der Waals surface area contributed by atoms with Crippen LogP contribution in [0.2, 0.25) is 0 Å². The molecule has 1 atom stereocenters. The van der Waals surface area contributed by atoms with Crippen molar-refractivity contribution in [3.63, 3.8) is 0 Å². The molecule has 0 radical (unpaired) electrons. The first-order chi connectivity index (χ1) is 8.69. The highest BCUT2D eigenvalue weighted by molar-refractivity contribution is 5.78. The Morgan fingerprint density at radius 2 is 2.39 bits per heavy atom. The molecule has 1 heterocycles. The average Bonchev–Trinajstić information content (AvgIpc) is 2.83. The van der Waals surface area contributed by atoms with Gasteiger partial charge in [0.15, 0.2) is 6.61 Å². The molecule has 1 unspecified atom stereocenters. The number of carbonyl (C=O) groups is 1. The van der Waals surface area contributed by atoms with E-state index in [1.54, 1.807) is 12.1 Å². The first-order valence-electron chi connectivity index (χ1n) is 6.02. The number of ether oxygens (including phenoxy) is 1. The van der Waals surface area contributed by atoms with Gasteiger partial charge in [0.2, 0.25) is 0 Å². The SMILES string of the molecule is NCc1cccc(OCC(=O)N2CCC(F)C2)c1. The molecule has 0 aliphatic carbocycles. The molecule has 1 aromatic rings. The largest absolute Gasteiger partial charge is 0.484 e. The lowest BCUT2D eigenvalue weighted by Crippen LogP contribution is -2.33.